The molecule has 0 aliphatic rings. The molecule has 1 rings (SSSR count). The standard InChI is InChI=1S/C10H10ClNO5/c1-6(13)7-3-9(16-2)10(17-5-11)4-8(7)12(14)15/h3-4H,5H2,1-2H3. The summed E-state index contributed by atoms with van der Waals surface area (Å²) in [5, 5.41) is 10.8. The molecular formula is C10H10ClNO5. The van der Waals surface area contributed by atoms with Gasteiger partial charge in [0.05, 0.1) is 23.7 Å². The van der Waals surface area contributed by atoms with Gasteiger partial charge in [-0.2, -0.15) is 0 Å². The molecule has 17 heavy (non-hydrogen) atoms. The van der Waals surface area contributed by atoms with Crippen LogP contribution in [-0.4, -0.2) is 23.9 Å². The molecule has 0 aliphatic heterocycles. The van der Waals surface area contributed by atoms with Gasteiger partial charge < -0.3 is 9.47 Å². The highest BCUT2D eigenvalue weighted by Crippen LogP contribution is 2.35. The molecule has 0 amide bonds. The van der Waals surface area contributed by atoms with Crippen LogP contribution in [0.1, 0.15) is 17.3 Å². The first-order chi connectivity index (χ1) is 8.01. The second kappa shape index (κ2) is 5.49. The molecule has 0 fully saturated rings. The second-order valence-electron chi connectivity index (χ2n) is 3.09. The zero-order valence-electron chi connectivity index (χ0n) is 9.23. The van der Waals surface area contributed by atoms with Gasteiger partial charge >= 0.3 is 0 Å². The summed E-state index contributed by atoms with van der Waals surface area (Å²) >= 11 is 5.38. The molecular weight excluding hydrogens is 250 g/mol. The monoisotopic (exact) mass is 259 g/mol. The van der Waals surface area contributed by atoms with Crippen molar-refractivity contribution < 1.29 is 19.2 Å². The van der Waals surface area contributed by atoms with Crippen molar-refractivity contribution in [3.05, 3.63) is 27.8 Å². The zero-order chi connectivity index (χ0) is 13.0. The first-order valence-electron chi connectivity index (χ1n) is 4.57. The van der Waals surface area contributed by atoms with Gasteiger partial charge in [-0.15, -0.1) is 0 Å². The number of Topliss-reactive ketones (excluding diaryl/α,β-unsaturated/α-hetero) is 1. The molecule has 1 aromatic carbocycles. The minimum absolute atomic E-state index is 0.0335. The first-order valence-corrected chi connectivity index (χ1v) is 5.10. The van der Waals surface area contributed by atoms with Crippen LogP contribution in [0.15, 0.2) is 12.1 Å². The third kappa shape index (κ3) is 2.85. The van der Waals surface area contributed by atoms with Crippen molar-refractivity contribution >= 4 is 23.1 Å². The van der Waals surface area contributed by atoms with E-state index in [9.17, 15) is 14.9 Å². The molecule has 1 aromatic rings. The molecule has 92 valence electrons. The lowest BCUT2D eigenvalue weighted by molar-refractivity contribution is -0.385. The van der Waals surface area contributed by atoms with Crippen LogP contribution in [-0.2, 0) is 0 Å². The summed E-state index contributed by atoms with van der Waals surface area (Å²) in [7, 11) is 1.37. The number of carbonyl (C=O) groups is 1. The summed E-state index contributed by atoms with van der Waals surface area (Å²) in [6.45, 7) is 1.24. The average molecular weight is 260 g/mol. The van der Waals surface area contributed by atoms with Crippen LogP contribution in [0, 0.1) is 10.1 Å². The molecule has 0 N–H and O–H groups in total. The molecule has 0 unspecified atom stereocenters. The van der Waals surface area contributed by atoms with E-state index in [2.05, 4.69) is 0 Å². The molecule has 6 nitrogen and oxygen atoms in total. The number of ketones is 1. The molecule has 0 bridgehead atoms. The number of carbonyl (C=O) groups excluding carboxylic acids is 1. The van der Waals surface area contributed by atoms with Gasteiger partial charge in [-0.3, -0.25) is 14.9 Å². The number of nitrogens with zero attached hydrogens (tertiary/aromatic N) is 1. The number of alkyl halides is 1. The summed E-state index contributed by atoms with van der Waals surface area (Å²) in [6, 6.07) is 2.22. The van der Waals surface area contributed by atoms with Gasteiger partial charge in [-0.25, -0.2) is 0 Å². The predicted molar refractivity (Wildman–Crippen MR) is 61.0 cm³/mol. The third-order valence-corrected chi connectivity index (χ3v) is 2.18. The number of rotatable bonds is 5. The Hall–Kier alpha value is -1.82. The van der Waals surface area contributed by atoms with Gasteiger partial charge in [0.2, 0.25) is 0 Å². The van der Waals surface area contributed by atoms with E-state index in [4.69, 9.17) is 21.1 Å². The Bertz CT molecular complexity index is 460. The van der Waals surface area contributed by atoms with Crippen LogP contribution in [0.4, 0.5) is 5.69 Å². The Kier molecular flexibility index (Phi) is 4.28. The molecule has 0 aliphatic carbocycles. The Morgan fingerprint density at radius 2 is 2.12 bits per heavy atom. The van der Waals surface area contributed by atoms with Crippen molar-refractivity contribution in [3.8, 4) is 11.5 Å². The summed E-state index contributed by atoms with van der Waals surface area (Å²) in [5.74, 6) is -0.0759. The maximum atomic E-state index is 11.3. The van der Waals surface area contributed by atoms with Gasteiger partial charge in [0.15, 0.2) is 23.3 Å². The quantitative estimate of drug-likeness (QED) is 0.351. The van der Waals surface area contributed by atoms with Crippen LogP contribution in [0.2, 0.25) is 0 Å². The lowest BCUT2D eigenvalue weighted by atomic mass is 10.1. The fourth-order valence-corrected chi connectivity index (χ4v) is 1.43. The number of nitro groups is 1. The van der Waals surface area contributed by atoms with Crippen molar-refractivity contribution in [2.45, 2.75) is 6.92 Å². The molecule has 0 saturated heterocycles. The number of nitro benzene ring substituents is 1. The highest BCUT2D eigenvalue weighted by Gasteiger charge is 2.22. The smallest absolute Gasteiger partial charge is 0.284 e. The van der Waals surface area contributed by atoms with Gasteiger partial charge in [-0.1, -0.05) is 11.6 Å². The fourth-order valence-electron chi connectivity index (χ4n) is 1.31. The Morgan fingerprint density at radius 1 is 1.47 bits per heavy atom. The first kappa shape index (κ1) is 13.2. The SMILES string of the molecule is COc1cc(C(C)=O)c([N+](=O)[O-])cc1OCCl. The minimum atomic E-state index is -0.655. The summed E-state index contributed by atoms with van der Waals surface area (Å²) in [4.78, 5) is 21.4. The highest BCUT2D eigenvalue weighted by molar-refractivity contribution is 6.17. The van der Waals surface area contributed by atoms with Crippen molar-refractivity contribution in [1.29, 1.82) is 0 Å². The van der Waals surface area contributed by atoms with Crippen molar-refractivity contribution in [2.24, 2.45) is 0 Å². The Labute approximate surface area is 102 Å². The highest BCUT2D eigenvalue weighted by atomic mass is 35.5. The Balaban J connectivity index is 3.42. The maximum absolute atomic E-state index is 11.3. The summed E-state index contributed by atoms with van der Waals surface area (Å²) < 4.78 is 9.94. The number of halogens is 1. The number of ether oxygens (including phenoxy) is 2. The topological polar surface area (TPSA) is 78.7 Å². The van der Waals surface area contributed by atoms with E-state index < -0.39 is 10.7 Å². The molecule has 0 spiro atoms. The maximum Gasteiger partial charge on any atom is 0.284 e. The largest absolute Gasteiger partial charge is 0.493 e. The fraction of sp³-hybridized carbons (Fsp3) is 0.300. The third-order valence-electron chi connectivity index (χ3n) is 2.07. The van der Waals surface area contributed by atoms with Crippen LogP contribution in [0.3, 0.4) is 0 Å². The number of benzene rings is 1. The number of hydrogen-bond acceptors (Lipinski definition) is 5. The number of hydrogen-bond donors (Lipinski definition) is 0. The lowest BCUT2D eigenvalue weighted by Gasteiger charge is -2.09. The van der Waals surface area contributed by atoms with Gasteiger partial charge in [0.1, 0.15) is 0 Å². The molecule has 0 atom stereocenters. The van der Waals surface area contributed by atoms with E-state index in [0.717, 1.165) is 6.07 Å². The zero-order valence-corrected chi connectivity index (χ0v) is 9.98. The van der Waals surface area contributed by atoms with E-state index in [0.29, 0.717) is 0 Å². The van der Waals surface area contributed by atoms with Gasteiger partial charge in [0.25, 0.3) is 5.69 Å². The van der Waals surface area contributed by atoms with Crippen molar-refractivity contribution in [2.75, 3.05) is 13.2 Å². The van der Waals surface area contributed by atoms with E-state index >= 15 is 0 Å². The normalized spacial score (nSPS) is 9.82. The van der Waals surface area contributed by atoms with Crippen LogP contribution < -0.4 is 9.47 Å². The second-order valence-corrected chi connectivity index (χ2v) is 3.31. The molecule has 7 heteroatoms. The minimum Gasteiger partial charge on any atom is -0.493 e. The van der Waals surface area contributed by atoms with Crippen molar-refractivity contribution in [3.63, 3.8) is 0 Å². The van der Waals surface area contributed by atoms with E-state index in [1.54, 1.807) is 0 Å². The van der Waals surface area contributed by atoms with Crippen LogP contribution >= 0.6 is 11.6 Å². The Morgan fingerprint density at radius 3 is 2.53 bits per heavy atom. The van der Waals surface area contributed by atoms with Crippen LogP contribution in [0.5, 0.6) is 11.5 Å². The lowest BCUT2D eigenvalue weighted by Crippen LogP contribution is -2.03. The van der Waals surface area contributed by atoms with Crippen molar-refractivity contribution in [1.82, 2.24) is 0 Å². The predicted octanol–water partition coefficient (Wildman–Crippen LogP) is 2.38. The summed E-state index contributed by atoms with van der Waals surface area (Å²) in [6.07, 6.45) is 0. The van der Waals surface area contributed by atoms with E-state index in [-0.39, 0.29) is 28.8 Å². The van der Waals surface area contributed by atoms with Gasteiger partial charge in [0, 0.05) is 6.07 Å². The van der Waals surface area contributed by atoms with Gasteiger partial charge in [-0.05, 0) is 6.92 Å². The molecule has 0 saturated carbocycles. The van der Waals surface area contributed by atoms with E-state index in [1.807, 2.05) is 0 Å². The van der Waals surface area contributed by atoms with Crippen LogP contribution in [0.25, 0.3) is 0 Å². The number of methoxy groups -OCH3 is 1. The average Bonchev–Trinajstić information content (AvgIpc) is 2.28. The molecule has 0 heterocycles. The summed E-state index contributed by atoms with van der Waals surface area (Å²) in [5.41, 5.74) is -0.368. The molecule has 0 aromatic heterocycles. The molecule has 0 radical (unpaired) electrons. The van der Waals surface area contributed by atoms with E-state index in [1.165, 1.54) is 20.1 Å².